The van der Waals surface area contributed by atoms with E-state index in [4.69, 9.17) is 8.94 Å². The third-order valence-electron chi connectivity index (χ3n) is 4.99. The zero-order valence-electron chi connectivity index (χ0n) is 14.3. The molecule has 0 radical (unpaired) electrons. The number of likely N-dealkylation sites (N-methyl/N-ethyl adjacent to an activating group) is 1. The van der Waals surface area contributed by atoms with Gasteiger partial charge in [0.1, 0.15) is 11.8 Å². The van der Waals surface area contributed by atoms with Gasteiger partial charge in [0.05, 0.1) is 11.8 Å². The fraction of sp³-hybridized carbons (Fsp3) is 0.588. The first kappa shape index (κ1) is 15.4. The van der Waals surface area contributed by atoms with E-state index in [0.717, 1.165) is 30.8 Å². The zero-order valence-corrected chi connectivity index (χ0v) is 14.3. The molecule has 3 heterocycles. The lowest BCUT2D eigenvalue weighted by Gasteiger charge is -2.37. The van der Waals surface area contributed by atoms with Crippen LogP contribution in [0.25, 0.3) is 0 Å². The highest BCUT2D eigenvalue weighted by Crippen LogP contribution is 2.39. The topological polar surface area (TPSA) is 75.6 Å². The molecule has 2 aromatic rings. The normalized spacial score (nSPS) is 22.1. The van der Waals surface area contributed by atoms with Crippen molar-refractivity contribution in [3.05, 3.63) is 34.9 Å². The van der Waals surface area contributed by atoms with Crippen molar-refractivity contribution >= 4 is 5.91 Å². The van der Waals surface area contributed by atoms with Gasteiger partial charge in [0.25, 0.3) is 5.91 Å². The summed E-state index contributed by atoms with van der Waals surface area (Å²) >= 11 is 0. The van der Waals surface area contributed by atoms with Gasteiger partial charge in [-0.25, -0.2) is 0 Å². The second kappa shape index (κ2) is 5.73. The number of nitrogens with zero attached hydrogens (tertiary/aromatic N) is 4. The number of aromatic nitrogens is 2. The summed E-state index contributed by atoms with van der Waals surface area (Å²) in [6.07, 6.45) is 3.92. The molecule has 2 aromatic heterocycles. The number of hydrogen-bond donors (Lipinski definition) is 0. The summed E-state index contributed by atoms with van der Waals surface area (Å²) < 4.78 is 10.9. The van der Waals surface area contributed by atoms with Crippen molar-refractivity contribution in [1.82, 2.24) is 19.9 Å². The molecule has 1 amide bonds. The molecular weight excluding hydrogens is 308 g/mol. The lowest BCUT2D eigenvalue weighted by molar-refractivity contribution is 0.0487. The first-order chi connectivity index (χ1) is 11.5. The zero-order chi connectivity index (χ0) is 16.8. The maximum atomic E-state index is 12.9. The van der Waals surface area contributed by atoms with Crippen molar-refractivity contribution in [2.45, 2.75) is 38.6 Å². The molecule has 7 nitrogen and oxygen atoms in total. The number of aryl methyl sites for hydroxylation is 2. The SMILES string of the molecule is Cc1coc(C)c1C(=O)N1CCN(C)[C@H](c2nc(C3CC3)no2)C1. The van der Waals surface area contributed by atoms with Crippen LogP contribution >= 0.6 is 0 Å². The van der Waals surface area contributed by atoms with Crippen LogP contribution in [0.5, 0.6) is 0 Å². The molecule has 1 aliphatic carbocycles. The molecule has 2 fully saturated rings. The van der Waals surface area contributed by atoms with Crippen LogP contribution in [0.4, 0.5) is 0 Å². The third-order valence-corrected chi connectivity index (χ3v) is 4.99. The van der Waals surface area contributed by atoms with Gasteiger partial charge in [0.2, 0.25) is 5.89 Å². The van der Waals surface area contributed by atoms with Crippen molar-refractivity contribution in [3.8, 4) is 0 Å². The Balaban J connectivity index is 1.54. The minimum absolute atomic E-state index is 0.0128. The lowest BCUT2D eigenvalue weighted by atomic mass is 10.1. The third kappa shape index (κ3) is 2.62. The molecule has 7 heteroatoms. The maximum Gasteiger partial charge on any atom is 0.257 e. The molecule has 128 valence electrons. The van der Waals surface area contributed by atoms with Crippen LogP contribution < -0.4 is 0 Å². The largest absolute Gasteiger partial charge is 0.469 e. The molecular formula is C17H22N4O3. The fourth-order valence-corrected chi connectivity index (χ4v) is 3.26. The molecule has 1 atom stereocenters. The monoisotopic (exact) mass is 330 g/mol. The minimum atomic E-state index is -0.0600. The Morgan fingerprint density at radius 2 is 2.08 bits per heavy atom. The van der Waals surface area contributed by atoms with Crippen LogP contribution in [0.3, 0.4) is 0 Å². The first-order valence-corrected chi connectivity index (χ1v) is 8.42. The average molecular weight is 330 g/mol. The van der Waals surface area contributed by atoms with Gasteiger partial charge in [-0.3, -0.25) is 9.69 Å². The van der Waals surface area contributed by atoms with Crippen LogP contribution in [0.1, 0.15) is 58.2 Å². The standard InChI is InChI=1S/C17H22N4O3/c1-10-9-23-11(2)14(10)17(22)21-7-6-20(3)13(8-21)16-18-15(19-24-16)12-4-5-12/h9,12-13H,4-8H2,1-3H3/t13-/m0/s1. The molecule has 1 saturated carbocycles. The quantitative estimate of drug-likeness (QED) is 0.859. The van der Waals surface area contributed by atoms with Gasteiger partial charge >= 0.3 is 0 Å². The Morgan fingerprint density at radius 3 is 2.75 bits per heavy atom. The Morgan fingerprint density at radius 1 is 1.29 bits per heavy atom. The molecule has 0 unspecified atom stereocenters. The van der Waals surface area contributed by atoms with Crippen molar-refractivity contribution < 1.29 is 13.7 Å². The van der Waals surface area contributed by atoms with E-state index in [2.05, 4.69) is 15.0 Å². The van der Waals surface area contributed by atoms with E-state index in [-0.39, 0.29) is 11.9 Å². The fourth-order valence-electron chi connectivity index (χ4n) is 3.26. The molecule has 0 spiro atoms. The number of rotatable bonds is 3. The predicted octanol–water partition coefficient (Wildman–Crippen LogP) is 2.29. The van der Waals surface area contributed by atoms with E-state index < -0.39 is 0 Å². The summed E-state index contributed by atoms with van der Waals surface area (Å²) in [7, 11) is 2.03. The Labute approximate surface area is 140 Å². The van der Waals surface area contributed by atoms with Gasteiger partial charge in [-0.15, -0.1) is 0 Å². The van der Waals surface area contributed by atoms with Gasteiger partial charge in [-0.05, 0) is 33.7 Å². The number of amides is 1. The van der Waals surface area contributed by atoms with E-state index in [1.807, 2.05) is 25.8 Å². The van der Waals surface area contributed by atoms with E-state index in [1.54, 1.807) is 6.26 Å². The molecule has 24 heavy (non-hydrogen) atoms. The van der Waals surface area contributed by atoms with Gasteiger partial charge < -0.3 is 13.8 Å². The van der Waals surface area contributed by atoms with Crippen molar-refractivity contribution in [3.63, 3.8) is 0 Å². The van der Waals surface area contributed by atoms with Crippen molar-refractivity contribution in [2.75, 3.05) is 26.7 Å². The van der Waals surface area contributed by atoms with Gasteiger partial charge in [-0.2, -0.15) is 4.98 Å². The van der Waals surface area contributed by atoms with Gasteiger partial charge in [0.15, 0.2) is 5.82 Å². The highest BCUT2D eigenvalue weighted by molar-refractivity contribution is 5.96. The molecule has 2 aliphatic rings. The number of carbonyl (C=O) groups excluding carboxylic acids is 1. The molecule has 4 rings (SSSR count). The molecule has 0 aromatic carbocycles. The second-order valence-electron chi connectivity index (χ2n) is 6.86. The van der Waals surface area contributed by atoms with Gasteiger partial charge in [0, 0.05) is 31.1 Å². The van der Waals surface area contributed by atoms with E-state index in [0.29, 0.717) is 36.2 Å². The van der Waals surface area contributed by atoms with Crippen LogP contribution in [0, 0.1) is 13.8 Å². The van der Waals surface area contributed by atoms with E-state index in [1.165, 1.54) is 0 Å². The van der Waals surface area contributed by atoms with Crippen LogP contribution in [0.15, 0.2) is 15.2 Å². The summed E-state index contributed by atoms with van der Waals surface area (Å²) in [6.45, 7) is 5.73. The number of hydrogen-bond acceptors (Lipinski definition) is 6. The minimum Gasteiger partial charge on any atom is -0.469 e. The average Bonchev–Trinajstić information content (AvgIpc) is 3.21. The summed E-state index contributed by atoms with van der Waals surface area (Å²) in [5.41, 5.74) is 1.55. The smallest absolute Gasteiger partial charge is 0.257 e. The van der Waals surface area contributed by atoms with Crippen LogP contribution in [0.2, 0.25) is 0 Å². The molecule has 1 saturated heterocycles. The molecule has 1 aliphatic heterocycles. The van der Waals surface area contributed by atoms with Gasteiger partial charge in [-0.1, -0.05) is 5.16 Å². The van der Waals surface area contributed by atoms with Crippen LogP contribution in [-0.2, 0) is 0 Å². The summed E-state index contributed by atoms with van der Waals surface area (Å²) in [6, 6.07) is -0.0600. The summed E-state index contributed by atoms with van der Waals surface area (Å²) in [5.74, 6) is 2.56. The van der Waals surface area contributed by atoms with Crippen molar-refractivity contribution in [1.29, 1.82) is 0 Å². The number of carbonyl (C=O) groups is 1. The molecule has 0 N–H and O–H groups in total. The Hall–Kier alpha value is -2.15. The number of furan rings is 1. The van der Waals surface area contributed by atoms with Crippen molar-refractivity contribution in [2.24, 2.45) is 0 Å². The predicted molar refractivity (Wildman–Crippen MR) is 85.7 cm³/mol. The highest BCUT2D eigenvalue weighted by Gasteiger charge is 2.35. The highest BCUT2D eigenvalue weighted by atomic mass is 16.5. The van der Waals surface area contributed by atoms with Crippen LogP contribution in [-0.4, -0.2) is 52.5 Å². The maximum absolute atomic E-state index is 12.9. The van der Waals surface area contributed by atoms with E-state index in [9.17, 15) is 4.79 Å². The Kier molecular flexibility index (Phi) is 3.68. The Bertz CT molecular complexity index is 742. The first-order valence-electron chi connectivity index (χ1n) is 8.42. The lowest BCUT2D eigenvalue weighted by Crippen LogP contribution is -2.49. The summed E-state index contributed by atoms with van der Waals surface area (Å²) in [4.78, 5) is 21.5. The van der Waals surface area contributed by atoms with E-state index >= 15 is 0 Å². The molecule has 0 bridgehead atoms. The number of piperazine rings is 1. The summed E-state index contributed by atoms with van der Waals surface area (Å²) in [5, 5.41) is 4.10. The second-order valence-corrected chi connectivity index (χ2v) is 6.86.